The number of hydrogen-bond acceptors (Lipinski definition) is 12. The van der Waals surface area contributed by atoms with Gasteiger partial charge >= 0.3 is 12.2 Å². The topological polar surface area (TPSA) is 167 Å². The van der Waals surface area contributed by atoms with Crippen LogP contribution in [0.5, 0.6) is 0 Å². The fraction of sp³-hybridized carbons (Fsp3) is 0.686. The molecule has 0 aliphatic heterocycles. The molecule has 24 heteroatoms. The van der Waals surface area contributed by atoms with Gasteiger partial charge in [-0.15, -0.1) is 0 Å². The van der Waals surface area contributed by atoms with Gasteiger partial charge in [0.2, 0.25) is 0 Å². The molecular weight excluding hydrogens is 1260 g/mol. The fourth-order valence-corrected chi connectivity index (χ4v) is 15.7. The van der Waals surface area contributed by atoms with Gasteiger partial charge in [-0.05, 0) is 153 Å². The monoisotopic (exact) mass is 1370 g/mol. The zero-order chi connectivity index (χ0) is 69.1. The van der Waals surface area contributed by atoms with Crippen LogP contribution in [-0.2, 0) is 81.0 Å². The van der Waals surface area contributed by atoms with E-state index in [9.17, 15) is 9.59 Å². The van der Waals surface area contributed by atoms with Gasteiger partial charge in [0, 0.05) is 106 Å². The lowest BCUT2D eigenvalue weighted by Crippen LogP contribution is -2.36. The number of hydrogen-bond donors (Lipinski definition) is 0. The Hall–Kier alpha value is -5.09. The first-order valence-electron chi connectivity index (χ1n) is 34.5. The first kappa shape index (κ1) is 73.2. The Balaban J connectivity index is 0.000000221. The van der Waals surface area contributed by atoms with E-state index in [1.807, 2.05) is 80.0 Å². The smallest absolute Gasteiger partial charge is 0.414 e. The highest BCUT2D eigenvalue weighted by molar-refractivity contribution is 6.77. The van der Waals surface area contributed by atoms with Crippen LogP contribution in [0.3, 0.4) is 0 Å². The molecule has 2 aromatic carbocycles. The van der Waals surface area contributed by atoms with Crippen molar-refractivity contribution in [3.8, 4) is 23.0 Å². The number of anilines is 2. The Morgan fingerprint density at radius 1 is 0.553 bits per heavy atom. The first-order chi connectivity index (χ1) is 43.6. The SMILES string of the molecule is CCN(C(=O)OC(C)(C)C)c1cc(F)c2c(c1)nc(-c1nn(COCC[Si](C)(C)C)c3c1C[C@@H]1C[C@]1(C)C3)n2COCC[Si](C)(C)C.CCN(C(=O)OC(C)(C)C)c1cc(F)c2nc(-c3nn(COCC[Si](C)(C)C)c4c3C[C@@H]3C[C@]3(C)C4)n(COCC[Si](C)(C)C)c2c1. The van der Waals surface area contributed by atoms with Gasteiger partial charge < -0.3 is 28.4 Å². The van der Waals surface area contributed by atoms with Gasteiger partial charge in [0.05, 0.1) is 22.4 Å². The molecule has 2 amide bonds. The number of rotatable bonds is 26. The van der Waals surface area contributed by atoms with Gasteiger partial charge in [-0.1, -0.05) is 92.4 Å². The van der Waals surface area contributed by atoms with Crippen molar-refractivity contribution in [1.82, 2.24) is 38.7 Å². The highest BCUT2D eigenvalue weighted by Gasteiger charge is 2.55. The van der Waals surface area contributed by atoms with Crippen LogP contribution in [0.4, 0.5) is 29.7 Å². The van der Waals surface area contributed by atoms with Gasteiger partial charge in [-0.3, -0.25) is 18.9 Å². The molecule has 0 spiro atoms. The van der Waals surface area contributed by atoms with Crippen LogP contribution in [-0.4, -0.2) is 134 Å². The second-order valence-electron chi connectivity index (χ2n) is 34.6. The molecule has 2 fully saturated rings. The molecule has 0 N–H and O–H groups in total. The molecule has 4 aliphatic carbocycles. The van der Waals surface area contributed by atoms with E-state index in [0.717, 1.165) is 61.2 Å². The number of aromatic nitrogens is 8. The lowest BCUT2D eigenvalue weighted by atomic mass is 9.87. The molecule has 18 nitrogen and oxygen atoms in total. The normalized spacial score (nSPS) is 19.5. The third-order valence-electron chi connectivity index (χ3n) is 18.8. The average molecular weight is 1370 g/mol. The van der Waals surface area contributed by atoms with Crippen molar-refractivity contribution >= 4 is 77.9 Å². The quantitative estimate of drug-likeness (QED) is 0.0373. The number of carbonyl (C=O) groups excluding carboxylic acids is 2. The number of imidazole rings is 2. The van der Waals surface area contributed by atoms with Crippen molar-refractivity contribution in [2.75, 3.05) is 49.3 Å². The minimum absolute atomic E-state index is 0.158. The number of nitrogens with zero attached hydrogens (tertiary/aromatic N) is 10. The summed E-state index contributed by atoms with van der Waals surface area (Å²) in [6, 6.07) is 10.6. The Bertz CT molecular complexity index is 3620. The van der Waals surface area contributed by atoms with Crippen LogP contribution in [0.1, 0.15) is 105 Å². The van der Waals surface area contributed by atoms with Crippen molar-refractivity contribution in [2.45, 2.75) is 249 Å². The van der Waals surface area contributed by atoms with Crippen molar-refractivity contribution in [2.24, 2.45) is 22.7 Å². The van der Waals surface area contributed by atoms with Crippen LogP contribution in [0.2, 0.25) is 103 Å². The summed E-state index contributed by atoms with van der Waals surface area (Å²) in [4.78, 5) is 39.1. The minimum Gasteiger partial charge on any atom is -0.443 e. The summed E-state index contributed by atoms with van der Waals surface area (Å²) in [5.74, 6) is 1.43. The molecule has 4 aliphatic rings. The number of ether oxygens (including phenoxy) is 6. The highest BCUT2D eigenvalue weighted by atomic mass is 28.3. The highest BCUT2D eigenvalue weighted by Crippen LogP contribution is 2.61. The lowest BCUT2D eigenvalue weighted by Gasteiger charge is -2.26. The van der Waals surface area contributed by atoms with E-state index in [4.69, 9.17) is 48.6 Å². The fourth-order valence-electron chi connectivity index (χ4n) is 12.7. The second kappa shape index (κ2) is 27.7. The van der Waals surface area contributed by atoms with Gasteiger partial charge in [0.25, 0.3) is 0 Å². The van der Waals surface area contributed by atoms with Gasteiger partial charge in [-0.2, -0.15) is 10.2 Å². The Morgan fingerprint density at radius 3 is 1.34 bits per heavy atom. The minimum atomic E-state index is -1.33. The van der Waals surface area contributed by atoms with Crippen LogP contribution in [0.15, 0.2) is 24.3 Å². The zero-order valence-electron chi connectivity index (χ0n) is 61.1. The largest absolute Gasteiger partial charge is 0.443 e. The zero-order valence-corrected chi connectivity index (χ0v) is 65.1. The summed E-state index contributed by atoms with van der Waals surface area (Å²) >= 11 is 0. The number of amides is 2. The number of carbonyl (C=O) groups is 2. The maximum Gasteiger partial charge on any atom is 0.414 e. The average Bonchev–Trinajstić information content (AvgIpc) is 1.56. The van der Waals surface area contributed by atoms with Gasteiger partial charge in [-0.25, -0.2) is 37.7 Å². The Morgan fingerprint density at radius 2 is 0.936 bits per heavy atom. The molecule has 4 heterocycles. The van der Waals surface area contributed by atoms with E-state index < -0.39 is 67.3 Å². The standard InChI is InChI=1S/2C35H56FN5O4Si2/c1-12-39(33(42)45-34(2,3)4)25-18-27(36)31-28(19-25)40(22-43-13-15-46(6,7)8)32(37-31)30-26-17-24-20-35(24,5)21-29(26)41(38-30)23-44-14-16-47(9,10)11;1-12-39(33(42)45-34(2,3)4)25-18-27(36)31-28(19-25)37-32(40(31)22-43-13-15-46(6,7)8)30-26-17-24-20-35(24,5)21-29(26)41(38-30)23-44-14-16-47(9,10)11/h2*18-19,24H,12-17,20-23H2,1-11H3/t2*24-,35-/m11/s1. The molecule has 2 saturated carbocycles. The molecular formula is C70H112F2N10O8Si4. The van der Waals surface area contributed by atoms with E-state index in [1.165, 1.54) is 57.3 Å². The molecule has 10 rings (SSSR count). The molecule has 6 aromatic rings. The van der Waals surface area contributed by atoms with Gasteiger partial charge in [0.15, 0.2) is 23.3 Å². The molecule has 0 unspecified atom stereocenters. The second-order valence-corrected chi connectivity index (χ2v) is 57.1. The summed E-state index contributed by atoms with van der Waals surface area (Å²) in [5, 5.41) is 10.3. The summed E-state index contributed by atoms with van der Waals surface area (Å²) in [6.07, 6.45) is 5.09. The summed E-state index contributed by atoms with van der Waals surface area (Å²) in [6.45, 7) is 51.8. The van der Waals surface area contributed by atoms with E-state index in [-0.39, 0.29) is 19.0 Å². The summed E-state index contributed by atoms with van der Waals surface area (Å²) in [5.41, 5.74) is 7.96. The van der Waals surface area contributed by atoms with Crippen molar-refractivity contribution in [3.05, 3.63) is 58.4 Å². The Labute approximate surface area is 562 Å². The summed E-state index contributed by atoms with van der Waals surface area (Å²) in [7, 11) is -5.12. The van der Waals surface area contributed by atoms with E-state index in [0.29, 0.717) is 115 Å². The molecule has 520 valence electrons. The molecule has 4 atom stereocenters. The predicted octanol–water partition coefficient (Wildman–Crippen LogP) is 17.1. The van der Waals surface area contributed by atoms with E-state index in [2.05, 4.69) is 92.4 Å². The van der Waals surface area contributed by atoms with Gasteiger partial charge in [0.1, 0.15) is 60.5 Å². The Kier molecular flexibility index (Phi) is 21.5. The van der Waals surface area contributed by atoms with Crippen LogP contribution >= 0.6 is 0 Å². The van der Waals surface area contributed by atoms with E-state index >= 15 is 8.78 Å². The lowest BCUT2D eigenvalue weighted by molar-refractivity contribution is 0.0571. The number of fused-ring (bicyclic) bond motifs is 6. The predicted molar refractivity (Wildman–Crippen MR) is 384 cm³/mol. The number of benzene rings is 2. The van der Waals surface area contributed by atoms with Crippen molar-refractivity contribution < 1.29 is 46.8 Å². The number of halogens is 2. The first-order valence-corrected chi connectivity index (χ1v) is 49.3. The third kappa shape index (κ3) is 18.0. The third-order valence-corrected chi connectivity index (χ3v) is 25.6. The maximum absolute atomic E-state index is 16.3. The van der Waals surface area contributed by atoms with Crippen molar-refractivity contribution in [1.29, 1.82) is 0 Å². The molecule has 0 radical (unpaired) electrons. The van der Waals surface area contributed by atoms with Crippen LogP contribution in [0, 0.1) is 34.3 Å². The van der Waals surface area contributed by atoms with E-state index in [1.54, 1.807) is 6.07 Å². The molecule has 4 aromatic heterocycles. The maximum atomic E-state index is 16.3. The molecule has 0 saturated heterocycles. The van der Waals surface area contributed by atoms with Crippen molar-refractivity contribution in [3.63, 3.8) is 0 Å². The summed E-state index contributed by atoms with van der Waals surface area (Å²) < 4.78 is 76.3. The van der Waals surface area contributed by atoms with Crippen LogP contribution in [0.25, 0.3) is 45.1 Å². The van der Waals surface area contributed by atoms with Crippen LogP contribution < -0.4 is 9.80 Å². The molecule has 94 heavy (non-hydrogen) atoms. The molecule has 0 bridgehead atoms.